The number of furan rings is 2. The summed E-state index contributed by atoms with van der Waals surface area (Å²) in [5.74, 6) is 0. The van der Waals surface area contributed by atoms with E-state index < -0.39 is 0 Å². The molecule has 0 atom stereocenters. The van der Waals surface area contributed by atoms with E-state index in [1.54, 1.807) is 0 Å². The Morgan fingerprint density at radius 1 is 0.333 bits per heavy atom. The summed E-state index contributed by atoms with van der Waals surface area (Å²) in [4.78, 5) is 0. The van der Waals surface area contributed by atoms with Gasteiger partial charge in [-0.2, -0.15) is 0 Å². The molecule has 310 valence electrons. The van der Waals surface area contributed by atoms with Crippen LogP contribution in [0.2, 0.25) is 0 Å². The van der Waals surface area contributed by atoms with E-state index in [4.69, 9.17) is 8.83 Å². The van der Waals surface area contributed by atoms with Crippen molar-refractivity contribution in [2.45, 2.75) is 19.3 Å². The molecule has 66 heavy (non-hydrogen) atoms. The van der Waals surface area contributed by atoms with Crippen molar-refractivity contribution in [2.75, 3.05) is 0 Å². The summed E-state index contributed by atoms with van der Waals surface area (Å²) in [6, 6.07) is 77.1. The molecular formula is C63H41NO2. The zero-order valence-corrected chi connectivity index (χ0v) is 36.5. The van der Waals surface area contributed by atoms with Crippen molar-refractivity contribution in [3.05, 3.63) is 223 Å². The minimum absolute atomic E-state index is 0.252. The molecule has 0 fully saturated rings. The first-order chi connectivity index (χ1) is 32.4. The number of fused-ring (bicyclic) bond motifs is 13. The first-order valence-electron chi connectivity index (χ1n) is 22.8. The van der Waals surface area contributed by atoms with Crippen molar-refractivity contribution in [1.29, 1.82) is 0 Å². The molecule has 1 aliphatic carbocycles. The van der Waals surface area contributed by atoms with Gasteiger partial charge in [0.2, 0.25) is 0 Å². The zero-order chi connectivity index (χ0) is 43.7. The smallest absolute Gasteiger partial charge is 0.135 e. The summed E-state index contributed by atoms with van der Waals surface area (Å²) in [5.41, 5.74) is 21.7. The van der Waals surface area contributed by atoms with Gasteiger partial charge in [0.15, 0.2) is 0 Å². The van der Waals surface area contributed by atoms with Crippen LogP contribution < -0.4 is 0 Å². The van der Waals surface area contributed by atoms with E-state index >= 15 is 0 Å². The fourth-order valence-electron chi connectivity index (χ4n) is 11.2. The number of nitrogens with zero attached hydrogens (tertiary/aromatic N) is 1. The normalized spacial score (nSPS) is 13.1. The molecule has 13 aromatic rings. The minimum Gasteiger partial charge on any atom is -0.456 e. The van der Waals surface area contributed by atoms with Crippen molar-refractivity contribution in [3.8, 4) is 61.3 Å². The van der Waals surface area contributed by atoms with Crippen LogP contribution in [-0.4, -0.2) is 4.57 Å². The molecule has 10 aromatic carbocycles. The largest absolute Gasteiger partial charge is 0.456 e. The van der Waals surface area contributed by atoms with Crippen LogP contribution >= 0.6 is 0 Å². The molecule has 0 N–H and O–H groups in total. The molecular weight excluding hydrogens is 803 g/mol. The van der Waals surface area contributed by atoms with Crippen LogP contribution in [0.5, 0.6) is 0 Å². The van der Waals surface area contributed by atoms with Gasteiger partial charge in [-0.1, -0.05) is 141 Å². The second-order valence-corrected chi connectivity index (χ2v) is 18.5. The molecule has 3 aromatic heterocycles. The molecule has 0 spiro atoms. The minimum atomic E-state index is -0.252. The van der Waals surface area contributed by atoms with Crippen LogP contribution in [0.3, 0.4) is 0 Å². The number of para-hydroxylation sites is 1. The van der Waals surface area contributed by atoms with Crippen LogP contribution in [0.4, 0.5) is 0 Å². The Morgan fingerprint density at radius 2 is 0.742 bits per heavy atom. The topological polar surface area (TPSA) is 31.2 Å². The fraction of sp³-hybridized carbons (Fsp3) is 0.0476. The highest BCUT2D eigenvalue weighted by atomic mass is 16.3. The molecule has 0 radical (unpaired) electrons. The summed E-state index contributed by atoms with van der Waals surface area (Å²) in [5, 5.41) is 7.07. The molecule has 0 saturated carbocycles. The summed E-state index contributed by atoms with van der Waals surface area (Å²) >= 11 is 0. The van der Waals surface area contributed by atoms with Gasteiger partial charge in [-0.05, 0) is 152 Å². The van der Waals surface area contributed by atoms with Gasteiger partial charge >= 0.3 is 0 Å². The monoisotopic (exact) mass is 843 g/mol. The molecule has 0 bridgehead atoms. The van der Waals surface area contributed by atoms with Gasteiger partial charge in [0, 0.05) is 43.4 Å². The molecule has 0 saturated heterocycles. The third-order valence-electron chi connectivity index (χ3n) is 14.4. The Bertz CT molecular complexity index is 4110. The van der Waals surface area contributed by atoms with E-state index in [0.29, 0.717) is 0 Å². The van der Waals surface area contributed by atoms with Crippen LogP contribution in [0.25, 0.3) is 127 Å². The molecule has 0 aliphatic heterocycles. The predicted octanol–water partition coefficient (Wildman–Crippen LogP) is 17.6. The fourth-order valence-corrected chi connectivity index (χ4v) is 11.2. The summed E-state index contributed by atoms with van der Waals surface area (Å²) in [7, 11) is 0. The lowest BCUT2D eigenvalue weighted by atomic mass is 9.80. The van der Waals surface area contributed by atoms with Crippen LogP contribution in [-0.2, 0) is 5.41 Å². The number of aromatic nitrogens is 1. The van der Waals surface area contributed by atoms with Crippen LogP contribution in [0.15, 0.2) is 221 Å². The van der Waals surface area contributed by atoms with Crippen LogP contribution in [0.1, 0.15) is 25.0 Å². The molecule has 3 heteroatoms. The van der Waals surface area contributed by atoms with Gasteiger partial charge in [0.05, 0.1) is 11.0 Å². The van der Waals surface area contributed by atoms with Crippen molar-refractivity contribution < 1.29 is 8.83 Å². The van der Waals surface area contributed by atoms with Crippen LogP contribution in [0, 0.1) is 0 Å². The zero-order valence-electron chi connectivity index (χ0n) is 36.5. The average molecular weight is 844 g/mol. The van der Waals surface area contributed by atoms with Crippen molar-refractivity contribution >= 4 is 65.7 Å². The third kappa shape index (κ3) is 5.44. The van der Waals surface area contributed by atoms with Gasteiger partial charge in [-0.3, -0.25) is 0 Å². The SMILES string of the molecule is CC1(C)c2ccc(-c3ccc4oc5ccc(-c6ccccc6)cc5c4c3)cc2-c2ccc3c(c21)c1cc(-c2ccc4oc5ccc(-c6ccccc6)cc5c4c2)ccc1n3-c1ccccc1. The lowest BCUT2D eigenvalue weighted by Gasteiger charge is -2.23. The second-order valence-electron chi connectivity index (χ2n) is 18.5. The summed E-state index contributed by atoms with van der Waals surface area (Å²) < 4.78 is 15.2. The quantitative estimate of drug-likeness (QED) is 0.173. The first-order valence-corrected chi connectivity index (χ1v) is 22.8. The number of hydrogen-bond donors (Lipinski definition) is 0. The molecule has 1 aliphatic rings. The molecule has 14 rings (SSSR count). The third-order valence-corrected chi connectivity index (χ3v) is 14.4. The van der Waals surface area contributed by atoms with Gasteiger partial charge in [0.1, 0.15) is 22.3 Å². The molecule has 3 heterocycles. The molecule has 0 unspecified atom stereocenters. The van der Waals surface area contributed by atoms with Gasteiger partial charge in [-0.15, -0.1) is 0 Å². The van der Waals surface area contributed by atoms with Gasteiger partial charge in [-0.25, -0.2) is 0 Å². The van der Waals surface area contributed by atoms with E-state index in [1.807, 2.05) is 0 Å². The number of rotatable bonds is 5. The Morgan fingerprint density at radius 3 is 1.26 bits per heavy atom. The highest BCUT2D eigenvalue weighted by Gasteiger charge is 2.38. The highest BCUT2D eigenvalue weighted by molar-refractivity contribution is 6.16. The van der Waals surface area contributed by atoms with E-state index in [9.17, 15) is 0 Å². The van der Waals surface area contributed by atoms with Crippen molar-refractivity contribution in [3.63, 3.8) is 0 Å². The lowest BCUT2D eigenvalue weighted by molar-refractivity contribution is 0.666. The Balaban J connectivity index is 0.934. The number of hydrogen-bond acceptors (Lipinski definition) is 2. The standard InChI is InChI=1S/C63H41NO2/c1-63(2)54-25-18-42(44-22-30-59-51(35-44)49-33-40(20-28-57(49)65-59)38-12-6-3-7-13-38)32-48(54)47-24-27-56-61(62(47)63)53-37-43(19-26-55(53)64(56)46-16-10-5-11-17-46)45-23-31-60-52(36-45)50-34-41(21-29-58(50)66-60)39-14-8-4-9-15-39/h3-37H,1-2H3. The van der Waals surface area contributed by atoms with Gasteiger partial charge < -0.3 is 13.4 Å². The van der Waals surface area contributed by atoms with Crippen molar-refractivity contribution in [1.82, 2.24) is 4.57 Å². The molecule has 0 amide bonds. The average Bonchev–Trinajstić information content (AvgIpc) is 4.09. The van der Waals surface area contributed by atoms with E-state index in [1.165, 1.54) is 83.0 Å². The maximum Gasteiger partial charge on any atom is 0.135 e. The molecule has 3 nitrogen and oxygen atoms in total. The van der Waals surface area contributed by atoms with E-state index in [-0.39, 0.29) is 5.41 Å². The van der Waals surface area contributed by atoms with E-state index in [2.05, 4.69) is 231 Å². The first kappa shape index (κ1) is 37.0. The summed E-state index contributed by atoms with van der Waals surface area (Å²) in [6.45, 7) is 4.81. The highest BCUT2D eigenvalue weighted by Crippen LogP contribution is 2.54. The second kappa shape index (κ2) is 13.8. The Kier molecular flexibility index (Phi) is 7.74. The number of benzene rings is 10. The van der Waals surface area contributed by atoms with Crippen molar-refractivity contribution in [2.24, 2.45) is 0 Å². The predicted molar refractivity (Wildman–Crippen MR) is 275 cm³/mol. The Labute approximate surface area is 381 Å². The maximum absolute atomic E-state index is 6.40. The summed E-state index contributed by atoms with van der Waals surface area (Å²) in [6.07, 6.45) is 0. The Hall–Kier alpha value is -8.40. The van der Waals surface area contributed by atoms with E-state index in [0.717, 1.165) is 55.1 Å². The lowest BCUT2D eigenvalue weighted by Crippen LogP contribution is -2.15. The van der Waals surface area contributed by atoms with Gasteiger partial charge in [0.25, 0.3) is 0 Å². The maximum atomic E-state index is 6.40.